The lowest BCUT2D eigenvalue weighted by molar-refractivity contribution is 0.360. The number of aromatic nitrogens is 2. The monoisotopic (exact) mass is 299 g/mol. The van der Waals surface area contributed by atoms with Crippen LogP contribution in [0.2, 0.25) is 0 Å². The van der Waals surface area contributed by atoms with Crippen molar-refractivity contribution in [2.75, 3.05) is 11.5 Å². The molecule has 0 bridgehead atoms. The molecule has 3 rings (SSSR count). The van der Waals surface area contributed by atoms with Gasteiger partial charge in [-0.25, -0.2) is 8.42 Å². The van der Waals surface area contributed by atoms with Crippen molar-refractivity contribution in [1.82, 2.24) is 15.5 Å². The van der Waals surface area contributed by atoms with Crippen molar-refractivity contribution >= 4 is 21.2 Å². The summed E-state index contributed by atoms with van der Waals surface area (Å²) in [4.78, 5) is 4.27. The third-order valence-electron chi connectivity index (χ3n) is 3.02. The molecule has 0 aliphatic carbocycles. The lowest BCUT2D eigenvalue weighted by Gasteiger charge is -2.06. The van der Waals surface area contributed by atoms with Crippen molar-refractivity contribution in [2.24, 2.45) is 0 Å². The van der Waals surface area contributed by atoms with Gasteiger partial charge in [-0.3, -0.25) is 0 Å². The number of sulfone groups is 1. The zero-order valence-electron chi connectivity index (χ0n) is 10.1. The molecule has 102 valence electrons. The first kappa shape index (κ1) is 12.8. The molecule has 1 unspecified atom stereocenters. The summed E-state index contributed by atoms with van der Waals surface area (Å²) in [6.07, 6.45) is 0.647. The first-order valence-corrected chi connectivity index (χ1v) is 8.68. The minimum Gasteiger partial charge on any atom is -0.338 e. The van der Waals surface area contributed by atoms with Crippen molar-refractivity contribution in [3.05, 3.63) is 22.7 Å². The molecular weight excluding hydrogens is 286 g/mol. The van der Waals surface area contributed by atoms with E-state index in [1.165, 1.54) is 0 Å². The van der Waals surface area contributed by atoms with Crippen LogP contribution in [0.1, 0.15) is 12.3 Å². The zero-order chi connectivity index (χ0) is 13.3. The summed E-state index contributed by atoms with van der Waals surface area (Å²) in [6.45, 7) is 0.400. The molecule has 2 aromatic rings. The van der Waals surface area contributed by atoms with E-state index >= 15 is 0 Å². The third kappa shape index (κ3) is 3.02. The Labute approximate surface area is 114 Å². The van der Waals surface area contributed by atoms with Gasteiger partial charge in [0.2, 0.25) is 11.7 Å². The summed E-state index contributed by atoms with van der Waals surface area (Å²) in [5.74, 6) is 1.50. The second-order valence-electron chi connectivity index (χ2n) is 4.50. The normalized spacial score (nSPS) is 21.8. The maximum Gasteiger partial charge on any atom is 0.240 e. The van der Waals surface area contributed by atoms with Crippen LogP contribution in [-0.2, 0) is 16.4 Å². The van der Waals surface area contributed by atoms with Crippen LogP contribution in [0.15, 0.2) is 21.3 Å². The first-order valence-electron chi connectivity index (χ1n) is 5.91. The predicted octanol–water partition coefficient (Wildman–Crippen LogP) is 1.07. The van der Waals surface area contributed by atoms with E-state index in [0.29, 0.717) is 24.7 Å². The van der Waals surface area contributed by atoms with Crippen LogP contribution in [0.25, 0.3) is 11.4 Å². The van der Waals surface area contributed by atoms with Crippen molar-refractivity contribution in [3.8, 4) is 11.4 Å². The lowest BCUT2D eigenvalue weighted by Crippen LogP contribution is -2.29. The van der Waals surface area contributed by atoms with Gasteiger partial charge in [-0.1, -0.05) is 5.16 Å². The number of nitrogens with one attached hydrogen (secondary N) is 1. The average Bonchev–Trinajstić information content (AvgIpc) is 3.04. The van der Waals surface area contributed by atoms with Crippen molar-refractivity contribution in [1.29, 1.82) is 0 Å². The van der Waals surface area contributed by atoms with E-state index in [0.717, 1.165) is 5.56 Å². The summed E-state index contributed by atoms with van der Waals surface area (Å²) >= 11 is 1.57. The Kier molecular flexibility index (Phi) is 3.38. The highest BCUT2D eigenvalue weighted by molar-refractivity contribution is 7.91. The molecule has 6 nitrogen and oxygen atoms in total. The zero-order valence-corrected chi connectivity index (χ0v) is 11.7. The molecular formula is C11H13N3O3S2. The SMILES string of the molecule is O=S1(=O)CCC(NCc2nc(-c3ccsc3)no2)C1. The van der Waals surface area contributed by atoms with Gasteiger partial charge in [0.1, 0.15) is 0 Å². The van der Waals surface area contributed by atoms with Crippen LogP contribution in [0.4, 0.5) is 0 Å². The summed E-state index contributed by atoms with van der Waals surface area (Å²) in [6, 6.07) is 1.91. The Morgan fingerprint density at radius 2 is 2.42 bits per heavy atom. The number of thiophene rings is 1. The van der Waals surface area contributed by atoms with Crippen LogP contribution in [0.3, 0.4) is 0 Å². The van der Waals surface area contributed by atoms with Gasteiger partial charge in [-0.05, 0) is 17.9 Å². The Morgan fingerprint density at radius 1 is 1.53 bits per heavy atom. The van der Waals surface area contributed by atoms with Gasteiger partial charge in [0, 0.05) is 17.0 Å². The van der Waals surface area contributed by atoms with Gasteiger partial charge in [-0.2, -0.15) is 16.3 Å². The second kappa shape index (κ2) is 5.03. The fourth-order valence-electron chi connectivity index (χ4n) is 2.02. The average molecular weight is 299 g/mol. The standard InChI is InChI=1S/C11H13N3O3S2/c15-19(16)4-2-9(7-19)12-5-10-13-11(14-17-10)8-1-3-18-6-8/h1,3,6,9,12H,2,4-5,7H2. The summed E-state index contributed by atoms with van der Waals surface area (Å²) in [7, 11) is -2.86. The van der Waals surface area contributed by atoms with Gasteiger partial charge in [0.05, 0.1) is 18.1 Å². The van der Waals surface area contributed by atoms with Crippen LogP contribution in [0.5, 0.6) is 0 Å². The number of nitrogens with zero attached hydrogens (tertiary/aromatic N) is 2. The Morgan fingerprint density at radius 3 is 3.11 bits per heavy atom. The molecule has 8 heteroatoms. The molecule has 1 aliphatic heterocycles. The highest BCUT2D eigenvalue weighted by Crippen LogP contribution is 2.19. The quantitative estimate of drug-likeness (QED) is 0.909. The Balaban J connectivity index is 1.59. The van der Waals surface area contributed by atoms with Crippen LogP contribution in [0, 0.1) is 0 Å². The molecule has 19 heavy (non-hydrogen) atoms. The van der Waals surface area contributed by atoms with Gasteiger partial charge >= 0.3 is 0 Å². The van der Waals surface area contributed by atoms with Gasteiger partial charge in [-0.15, -0.1) is 0 Å². The van der Waals surface area contributed by atoms with E-state index in [2.05, 4.69) is 15.5 Å². The van der Waals surface area contributed by atoms with Crippen molar-refractivity contribution < 1.29 is 12.9 Å². The molecule has 0 aromatic carbocycles. The highest BCUT2D eigenvalue weighted by atomic mass is 32.2. The molecule has 0 spiro atoms. The van der Waals surface area contributed by atoms with E-state index in [-0.39, 0.29) is 17.5 Å². The molecule has 1 aliphatic rings. The number of hydrogen-bond acceptors (Lipinski definition) is 7. The smallest absolute Gasteiger partial charge is 0.240 e. The summed E-state index contributed by atoms with van der Waals surface area (Å²) < 4.78 is 27.8. The van der Waals surface area contributed by atoms with E-state index in [1.54, 1.807) is 11.3 Å². The molecule has 0 radical (unpaired) electrons. The molecule has 1 N–H and O–H groups in total. The van der Waals surface area contributed by atoms with Crippen LogP contribution >= 0.6 is 11.3 Å². The maximum absolute atomic E-state index is 11.3. The molecule has 1 saturated heterocycles. The van der Waals surface area contributed by atoms with Crippen molar-refractivity contribution in [3.63, 3.8) is 0 Å². The van der Waals surface area contributed by atoms with E-state index < -0.39 is 9.84 Å². The fourth-order valence-corrected chi connectivity index (χ4v) is 4.37. The minimum atomic E-state index is -2.86. The second-order valence-corrected chi connectivity index (χ2v) is 7.51. The molecule has 1 atom stereocenters. The third-order valence-corrected chi connectivity index (χ3v) is 5.47. The summed E-state index contributed by atoms with van der Waals surface area (Å²) in [5, 5.41) is 10.9. The van der Waals surface area contributed by atoms with Gasteiger partial charge in [0.15, 0.2) is 9.84 Å². The first-order chi connectivity index (χ1) is 9.12. The lowest BCUT2D eigenvalue weighted by atomic mass is 10.2. The minimum absolute atomic E-state index is 0.0125. The topological polar surface area (TPSA) is 85.1 Å². The maximum atomic E-state index is 11.3. The Bertz CT molecular complexity index is 649. The summed E-state index contributed by atoms with van der Waals surface area (Å²) in [5.41, 5.74) is 0.934. The highest BCUT2D eigenvalue weighted by Gasteiger charge is 2.27. The van der Waals surface area contributed by atoms with Crippen molar-refractivity contribution in [2.45, 2.75) is 19.0 Å². The van der Waals surface area contributed by atoms with E-state index in [1.807, 2.05) is 16.8 Å². The molecule has 1 fully saturated rings. The molecule has 2 aromatic heterocycles. The number of hydrogen-bond donors (Lipinski definition) is 1. The molecule has 3 heterocycles. The van der Waals surface area contributed by atoms with Crippen LogP contribution in [-0.4, -0.2) is 36.1 Å². The fraction of sp³-hybridized carbons (Fsp3) is 0.455. The Hall–Kier alpha value is -1.25. The molecule has 0 amide bonds. The van der Waals surface area contributed by atoms with E-state index in [4.69, 9.17) is 4.52 Å². The van der Waals surface area contributed by atoms with E-state index in [9.17, 15) is 8.42 Å². The van der Waals surface area contributed by atoms with Gasteiger partial charge < -0.3 is 9.84 Å². The molecule has 0 saturated carbocycles. The van der Waals surface area contributed by atoms with Crippen LogP contribution < -0.4 is 5.32 Å². The number of rotatable bonds is 4. The largest absolute Gasteiger partial charge is 0.338 e. The predicted molar refractivity (Wildman–Crippen MR) is 71.5 cm³/mol. The van der Waals surface area contributed by atoms with Gasteiger partial charge in [0.25, 0.3) is 0 Å².